The summed E-state index contributed by atoms with van der Waals surface area (Å²) in [6.07, 6.45) is 3.39. The fourth-order valence-electron chi connectivity index (χ4n) is 1.96. The predicted octanol–water partition coefficient (Wildman–Crippen LogP) is 1.81. The number of hydrogen-bond donors (Lipinski definition) is 1. The summed E-state index contributed by atoms with van der Waals surface area (Å²) in [6.45, 7) is 2.10. The molecular formula is C12H13NO. The Hall–Kier alpha value is -1.57. The van der Waals surface area contributed by atoms with Crippen LogP contribution in [0.15, 0.2) is 24.3 Å². The fourth-order valence-corrected chi connectivity index (χ4v) is 1.96. The molecule has 0 saturated heterocycles. The van der Waals surface area contributed by atoms with Crippen LogP contribution in [-0.4, -0.2) is 5.91 Å². The molecule has 2 heteroatoms. The second-order valence-corrected chi connectivity index (χ2v) is 3.68. The first kappa shape index (κ1) is 9.00. The second kappa shape index (κ2) is 3.29. The van der Waals surface area contributed by atoms with Gasteiger partial charge in [-0.2, -0.15) is 0 Å². The molecule has 1 aliphatic rings. The Bertz CT molecular complexity index is 418. The number of benzene rings is 1. The van der Waals surface area contributed by atoms with Gasteiger partial charge in [0, 0.05) is 0 Å². The number of rotatable bonds is 2. The zero-order valence-corrected chi connectivity index (χ0v) is 8.21. The molecule has 1 aliphatic carbocycles. The monoisotopic (exact) mass is 187 g/mol. The minimum absolute atomic E-state index is 0.259. The molecule has 2 nitrogen and oxygen atoms in total. The van der Waals surface area contributed by atoms with Crippen LogP contribution in [0.25, 0.3) is 5.57 Å². The van der Waals surface area contributed by atoms with Crippen molar-refractivity contribution in [1.82, 2.24) is 0 Å². The molecule has 2 N–H and O–H groups in total. The van der Waals surface area contributed by atoms with Gasteiger partial charge in [0.2, 0.25) is 5.91 Å². The van der Waals surface area contributed by atoms with Crippen molar-refractivity contribution < 1.29 is 4.79 Å². The molecule has 0 unspecified atom stereocenters. The molecule has 0 atom stereocenters. The van der Waals surface area contributed by atoms with Gasteiger partial charge in [-0.25, -0.2) is 0 Å². The molecule has 0 aromatic heterocycles. The van der Waals surface area contributed by atoms with Crippen molar-refractivity contribution in [2.75, 3.05) is 0 Å². The van der Waals surface area contributed by atoms with Gasteiger partial charge in [0.1, 0.15) is 0 Å². The third-order valence-electron chi connectivity index (χ3n) is 2.67. The molecule has 0 radical (unpaired) electrons. The van der Waals surface area contributed by atoms with E-state index in [4.69, 9.17) is 5.73 Å². The van der Waals surface area contributed by atoms with Crippen LogP contribution in [0.3, 0.4) is 0 Å². The number of hydrogen-bond acceptors (Lipinski definition) is 1. The third-order valence-corrected chi connectivity index (χ3v) is 2.67. The maximum atomic E-state index is 10.8. The van der Waals surface area contributed by atoms with Crippen LogP contribution in [0.5, 0.6) is 0 Å². The van der Waals surface area contributed by atoms with Crippen molar-refractivity contribution in [2.24, 2.45) is 5.73 Å². The minimum atomic E-state index is -0.259. The molecule has 1 aromatic carbocycles. The highest BCUT2D eigenvalue weighted by atomic mass is 16.1. The van der Waals surface area contributed by atoms with E-state index in [9.17, 15) is 4.79 Å². The molecule has 1 amide bonds. The number of aryl methyl sites for hydroxylation is 1. The van der Waals surface area contributed by atoms with Gasteiger partial charge in [0.05, 0.1) is 6.42 Å². The lowest BCUT2D eigenvalue weighted by Gasteiger charge is -2.05. The van der Waals surface area contributed by atoms with Gasteiger partial charge in [-0.1, -0.05) is 24.3 Å². The van der Waals surface area contributed by atoms with Gasteiger partial charge in [0.15, 0.2) is 0 Å². The average molecular weight is 187 g/mol. The van der Waals surface area contributed by atoms with Crippen molar-refractivity contribution in [3.8, 4) is 0 Å². The first-order chi connectivity index (χ1) is 6.68. The van der Waals surface area contributed by atoms with Gasteiger partial charge in [-0.3, -0.25) is 4.79 Å². The molecule has 72 valence electrons. The summed E-state index contributed by atoms with van der Waals surface area (Å²) < 4.78 is 0. The van der Waals surface area contributed by atoms with E-state index in [1.54, 1.807) is 0 Å². The smallest absolute Gasteiger partial charge is 0.221 e. The van der Waals surface area contributed by atoms with E-state index in [2.05, 4.69) is 25.1 Å². The van der Waals surface area contributed by atoms with Gasteiger partial charge in [0.25, 0.3) is 0 Å². The standard InChI is InChI=1S/C12H13NO/c1-8-3-2-4-11-9(7-12(13)14)5-6-10(8)11/h2-5H,6-7H2,1H3,(H2,13,14). The highest BCUT2D eigenvalue weighted by Crippen LogP contribution is 2.31. The summed E-state index contributed by atoms with van der Waals surface area (Å²) in [6, 6.07) is 6.18. The number of nitrogens with two attached hydrogens (primary N) is 1. The van der Waals surface area contributed by atoms with E-state index < -0.39 is 0 Å². The molecule has 0 aliphatic heterocycles. The summed E-state index contributed by atoms with van der Waals surface area (Å²) in [4.78, 5) is 10.8. The van der Waals surface area contributed by atoms with Crippen molar-refractivity contribution in [3.63, 3.8) is 0 Å². The van der Waals surface area contributed by atoms with Gasteiger partial charge < -0.3 is 5.73 Å². The number of amides is 1. The number of allylic oxidation sites excluding steroid dienone is 1. The fraction of sp³-hybridized carbons (Fsp3) is 0.250. The van der Waals surface area contributed by atoms with E-state index in [-0.39, 0.29) is 5.91 Å². The summed E-state index contributed by atoms with van der Waals surface area (Å²) >= 11 is 0. The Morgan fingerprint density at radius 3 is 3.00 bits per heavy atom. The lowest BCUT2D eigenvalue weighted by atomic mass is 10.00. The van der Waals surface area contributed by atoms with Crippen molar-refractivity contribution in [1.29, 1.82) is 0 Å². The Labute approximate surface area is 83.4 Å². The summed E-state index contributed by atoms with van der Waals surface area (Å²) in [5.41, 5.74) is 10.1. The Kier molecular flexibility index (Phi) is 2.12. The van der Waals surface area contributed by atoms with Crippen LogP contribution in [-0.2, 0) is 11.2 Å². The molecule has 0 saturated carbocycles. The van der Waals surface area contributed by atoms with Crippen molar-refractivity contribution in [2.45, 2.75) is 19.8 Å². The normalized spacial score (nSPS) is 13.6. The Morgan fingerprint density at radius 1 is 1.50 bits per heavy atom. The summed E-state index contributed by atoms with van der Waals surface area (Å²) in [7, 11) is 0. The maximum Gasteiger partial charge on any atom is 0.221 e. The molecule has 1 aromatic rings. The van der Waals surface area contributed by atoms with Gasteiger partial charge in [-0.15, -0.1) is 0 Å². The van der Waals surface area contributed by atoms with E-state index >= 15 is 0 Å². The van der Waals surface area contributed by atoms with Crippen LogP contribution in [0.2, 0.25) is 0 Å². The van der Waals surface area contributed by atoms with Crippen LogP contribution >= 0.6 is 0 Å². The number of primary amides is 1. The number of carbonyl (C=O) groups excluding carboxylic acids is 1. The van der Waals surface area contributed by atoms with Crippen LogP contribution < -0.4 is 5.73 Å². The highest BCUT2D eigenvalue weighted by molar-refractivity contribution is 5.90. The first-order valence-electron chi connectivity index (χ1n) is 4.74. The Morgan fingerprint density at radius 2 is 2.29 bits per heavy atom. The van der Waals surface area contributed by atoms with E-state index in [1.165, 1.54) is 16.7 Å². The largest absolute Gasteiger partial charge is 0.369 e. The number of fused-ring (bicyclic) bond motifs is 1. The molecule has 0 bridgehead atoms. The van der Waals surface area contributed by atoms with E-state index in [0.717, 1.165) is 12.0 Å². The Balaban J connectivity index is 2.37. The average Bonchev–Trinajstić information content (AvgIpc) is 2.49. The molecule has 14 heavy (non-hydrogen) atoms. The lowest BCUT2D eigenvalue weighted by molar-refractivity contribution is -0.117. The first-order valence-corrected chi connectivity index (χ1v) is 4.74. The maximum absolute atomic E-state index is 10.8. The SMILES string of the molecule is Cc1cccc2c1CC=C2CC(N)=O. The van der Waals surface area contributed by atoms with Crippen LogP contribution in [0.1, 0.15) is 23.1 Å². The molecule has 2 rings (SSSR count). The topological polar surface area (TPSA) is 43.1 Å². The van der Waals surface area contributed by atoms with Crippen molar-refractivity contribution in [3.05, 3.63) is 41.0 Å². The van der Waals surface area contributed by atoms with Crippen molar-refractivity contribution >= 4 is 11.5 Å². The molecular weight excluding hydrogens is 174 g/mol. The lowest BCUT2D eigenvalue weighted by Crippen LogP contribution is -2.10. The second-order valence-electron chi connectivity index (χ2n) is 3.68. The van der Waals surface area contributed by atoms with Crippen LogP contribution in [0.4, 0.5) is 0 Å². The molecule has 0 fully saturated rings. The van der Waals surface area contributed by atoms with Gasteiger partial charge in [-0.05, 0) is 35.6 Å². The summed E-state index contributed by atoms with van der Waals surface area (Å²) in [5, 5.41) is 0. The number of carbonyl (C=O) groups is 1. The summed E-state index contributed by atoms with van der Waals surface area (Å²) in [5.74, 6) is -0.259. The molecule has 0 spiro atoms. The minimum Gasteiger partial charge on any atom is -0.369 e. The third kappa shape index (κ3) is 1.43. The van der Waals surface area contributed by atoms with Crippen LogP contribution in [0, 0.1) is 6.92 Å². The molecule has 0 heterocycles. The zero-order chi connectivity index (χ0) is 10.1. The quantitative estimate of drug-likeness (QED) is 0.753. The van der Waals surface area contributed by atoms with Gasteiger partial charge >= 0.3 is 0 Å². The predicted molar refractivity (Wildman–Crippen MR) is 56.7 cm³/mol. The van der Waals surface area contributed by atoms with E-state index in [1.807, 2.05) is 6.07 Å². The highest BCUT2D eigenvalue weighted by Gasteiger charge is 2.16. The zero-order valence-electron chi connectivity index (χ0n) is 8.21. The van der Waals surface area contributed by atoms with E-state index in [0.29, 0.717) is 6.42 Å².